The Hall–Kier alpha value is -1.000. The number of hydrogen-bond donors (Lipinski definition) is 1. The van der Waals surface area contributed by atoms with Gasteiger partial charge in [0.05, 0.1) is 13.2 Å². The summed E-state index contributed by atoms with van der Waals surface area (Å²) in [4.78, 5) is 4.63. The Bertz CT molecular complexity index is 471. The van der Waals surface area contributed by atoms with Gasteiger partial charge in [-0.15, -0.1) is 0 Å². The van der Waals surface area contributed by atoms with Crippen molar-refractivity contribution in [1.29, 1.82) is 0 Å². The average Bonchev–Trinajstić information content (AvgIpc) is 3.19. The van der Waals surface area contributed by atoms with Crippen LogP contribution in [0, 0.1) is 5.92 Å². The smallest absolute Gasteiger partial charge is 0.161 e. The minimum atomic E-state index is 0.716. The molecule has 1 saturated carbocycles. The Labute approximate surface area is 118 Å². The lowest BCUT2D eigenvalue weighted by Crippen LogP contribution is -2.10. The number of thioether (sulfide) groups is 1. The molecule has 1 fully saturated rings. The van der Waals surface area contributed by atoms with E-state index in [9.17, 15) is 0 Å². The fraction of sp³-hybridized carbons (Fsp3) is 0.533. The second kappa shape index (κ2) is 5.97. The summed E-state index contributed by atoms with van der Waals surface area (Å²) in [6.45, 7) is 1.74. The molecule has 0 spiro atoms. The normalized spacial score (nSPS) is 22.4. The molecule has 1 aliphatic carbocycles. The SMILES string of the molecule is COCCc1ccccc1NC1=NCC(C2CC2)S1. The van der Waals surface area contributed by atoms with Crippen molar-refractivity contribution in [3.63, 3.8) is 0 Å². The second-order valence-corrected chi connectivity index (χ2v) is 6.39. The van der Waals surface area contributed by atoms with Gasteiger partial charge in [0.25, 0.3) is 0 Å². The molecular formula is C15H20N2OS. The van der Waals surface area contributed by atoms with E-state index in [0.29, 0.717) is 5.25 Å². The van der Waals surface area contributed by atoms with Gasteiger partial charge in [0, 0.05) is 18.0 Å². The van der Waals surface area contributed by atoms with E-state index in [0.717, 1.165) is 30.7 Å². The molecule has 0 amide bonds. The lowest BCUT2D eigenvalue weighted by Gasteiger charge is -2.12. The third-order valence-electron chi connectivity index (χ3n) is 3.66. The van der Waals surface area contributed by atoms with Crippen LogP contribution < -0.4 is 5.32 Å². The van der Waals surface area contributed by atoms with Crippen molar-refractivity contribution in [3.8, 4) is 0 Å². The van der Waals surface area contributed by atoms with Crippen LogP contribution >= 0.6 is 11.8 Å². The first-order chi connectivity index (χ1) is 9.36. The van der Waals surface area contributed by atoms with Gasteiger partial charge in [0.15, 0.2) is 5.17 Å². The maximum atomic E-state index is 5.16. The van der Waals surface area contributed by atoms with Gasteiger partial charge in [-0.2, -0.15) is 0 Å². The number of ether oxygens (including phenoxy) is 1. The summed E-state index contributed by atoms with van der Waals surface area (Å²) in [5, 5.41) is 5.29. The van der Waals surface area contributed by atoms with E-state index in [1.54, 1.807) is 7.11 Å². The quantitative estimate of drug-likeness (QED) is 0.897. The van der Waals surface area contributed by atoms with E-state index in [2.05, 4.69) is 34.6 Å². The predicted molar refractivity (Wildman–Crippen MR) is 82.0 cm³/mol. The number of nitrogens with one attached hydrogen (secondary N) is 1. The van der Waals surface area contributed by atoms with E-state index >= 15 is 0 Å². The molecule has 0 aromatic heterocycles. The summed E-state index contributed by atoms with van der Waals surface area (Å²) in [5.41, 5.74) is 2.46. The second-order valence-electron chi connectivity index (χ2n) is 5.16. The van der Waals surface area contributed by atoms with Crippen molar-refractivity contribution in [2.24, 2.45) is 10.9 Å². The standard InChI is InChI=1S/C15H20N2OS/c1-18-9-8-11-4-2-3-5-13(11)17-15-16-10-14(19-15)12-6-7-12/h2-5,12,14H,6-10H2,1H3,(H,16,17). The Morgan fingerprint density at radius 2 is 2.21 bits per heavy atom. The third kappa shape index (κ3) is 3.31. The molecule has 3 nitrogen and oxygen atoms in total. The molecule has 0 saturated heterocycles. The summed E-state index contributed by atoms with van der Waals surface area (Å²) >= 11 is 1.92. The molecule has 102 valence electrons. The highest BCUT2D eigenvalue weighted by Gasteiger charge is 2.35. The highest BCUT2D eigenvalue weighted by Crippen LogP contribution is 2.42. The van der Waals surface area contributed by atoms with E-state index in [1.165, 1.54) is 24.1 Å². The molecule has 1 aliphatic heterocycles. The molecule has 0 radical (unpaired) electrons. The van der Waals surface area contributed by atoms with Crippen molar-refractivity contribution >= 4 is 22.6 Å². The Balaban J connectivity index is 1.62. The Kier molecular flexibility index (Phi) is 4.09. The number of amidine groups is 1. The largest absolute Gasteiger partial charge is 0.384 e. The van der Waals surface area contributed by atoms with Crippen LogP contribution in [0.2, 0.25) is 0 Å². The maximum Gasteiger partial charge on any atom is 0.161 e. The molecule has 1 aromatic carbocycles. The topological polar surface area (TPSA) is 33.6 Å². The van der Waals surface area contributed by atoms with Crippen LogP contribution in [0.4, 0.5) is 5.69 Å². The number of para-hydroxylation sites is 1. The predicted octanol–water partition coefficient (Wildman–Crippen LogP) is 3.17. The average molecular weight is 276 g/mol. The summed E-state index contributed by atoms with van der Waals surface area (Å²) in [6.07, 6.45) is 3.72. The van der Waals surface area contributed by atoms with Crippen LogP contribution in [0.3, 0.4) is 0 Å². The summed E-state index contributed by atoms with van der Waals surface area (Å²) in [5.74, 6) is 0.914. The fourth-order valence-electron chi connectivity index (χ4n) is 2.36. The van der Waals surface area contributed by atoms with Gasteiger partial charge in [0.2, 0.25) is 0 Å². The highest BCUT2D eigenvalue weighted by atomic mass is 32.2. The van der Waals surface area contributed by atoms with Crippen LogP contribution in [0.15, 0.2) is 29.3 Å². The molecule has 1 heterocycles. The number of hydrogen-bond acceptors (Lipinski definition) is 4. The van der Waals surface area contributed by atoms with E-state index < -0.39 is 0 Å². The molecule has 3 rings (SSSR count). The molecule has 19 heavy (non-hydrogen) atoms. The number of anilines is 1. The van der Waals surface area contributed by atoms with Crippen molar-refractivity contribution in [2.45, 2.75) is 24.5 Å². The van der Waals surface area contributed by atoms with Gasteiger partial charge in [-0.1, -0.05) is 30.0 Å². The van der Waals surface area contributed by atoms with Gasteiger partial charge in [-0.05, 0) is 36.8 Å². The first-order valence-corrected chi connectivity index (χ1v) is 7.80. The van der Waals surface area contributed by atoms with E-state index in [4.69, 9.17) is 4.74 Å². The van der Waals surface area contributed by atoms with Gasteiger partial charge < -0.3 is 10.1 Å². The minimum Gasteiger partial charge on any atom is -0.384 e. The first kappa shape index (κ1) is 13.0. The van der Waals surface area contributed by atoms with Gasteiger partial charge in [-0.3, -0.25) is 4.99 Å². The molecular weight excluding hydrogens is 256 g/mol. The Morgan fingerprint density at radius 1 is 1.37 bits per heavy atom. The number of methoxy groups -OCH3 is 1. The lowest BCUT2D eigenvalue weighted by molar-refractivity contribution is 0.202. The number of rotatable bonds is 5. The Morgan fingerprint density at radius 3 is 3.00 bits per heavy atom. The minimum absolute atomic E-state index is 0.716. The summed E-state index contributed by atoms with van der Waals surface area (Å²) in [7, 11) is 1.74. The van der Waals surface area contributed by atoms with Gasteiger partial charge in [0.1, 0.15) is 0 Å². The zero-order chi connectivity index (χ0) is 13.1. The fourth-order valence-corrected chi connectivity index (χ4v) is 3.58. The van der Waals surface area contributed by atoms with E-state index in [-0.39, 0.29) is 0 Å². The highest BCUT2D eigenvalue weighted by molar-refractivity contribution is 8.15. The van der Waals surface area contributed by atoms with Crippen LogP contribution in [0.5, 0.6) is 0 Å². The molecule has 1 unspecified atom stereocenters. The molecule has 1 atom stereocenters. The number of aliphatic imine (C=N–C) groups is 1. The van der Waals surface area contributed by atoms with Crippen LogP contribution in [-0.4, -0.2) is 30.7 Å². The molecule has 1 N–H and O–H groups in total. The molecule has 1 aromatic rings. The first-order valence-electron chi connectivity index (χ1n) is 6.92. The van der Waals surface area contributed by atoms with Crippen molar-refractivity contribution in [1.82, 2.24) is 0 Å². The van der Waals surface area contributed by atoms with Crippen LogP contribution in [-0.2, 0) is 11.2 Å². The third-order valence-corrected chi connectivity index (χ3v) is 4.95. The summed E-state index contributed by atoms with van der Waals surface area (Å²) < 4.78 is 5.16. The van der Waals surface area contributed by atoms with Gasteiger partial charge >= 0.3 is 0 Å². The van der Waals surface area contributed by atoms with Gasteiger partial charge in [-0.25, -0.2) is 0 Å². The number of benzene rings is 1. The zero-order valence-electron chi connectivity index (χ0n) is 11.3. The number of nitrogens with zero attached hydrogens (tertiary/aromatic N) is 1. The van der Waals surface area contributed by atoms with E-state index in [1.807, 2.05) is 11.8 Å². The monoisotopic (exact) mass is 276 g/mol. The molecule has 2 aliphatic rings. The van der Waals surface area contributed by atoms with Crippen LogP contribution in [0.1, 0.15) is 18.4 Å². The maximum absolute atomic E-state index is 5.16. The summed E-state index contributed by atoms with van der Waals surface area (Å²) in [6, 6.07) is 8.42. The van der Waals surface area contributed by atoms with Crippen molar-refractivity contribution in [3.05, 3.63) is 29.8 Å². The molecule has 4 heteroatoms. The lowest BCUT2D eigenvalue weighted by atomic mass is 10.1. The van der Waals surface area contributed by atoms with Crippen molar-refractivity contribution < 1.29 is 4.74 Å². The van der Waals surface area contributed by atoms with Crippen LogP contribution in [0.25, 0.3) is 0 Å². The molecule has 0 bridgehead atoms. The van der Waals surface area contributed by atoms with Crippen molar-refractivity contribution in [2.75, 3.05) is 25.6 Å². The zero-order valence-corrected chi connectivity index (χ0v) is 12.1.